The van der Waals surface area contributed by atoms with Crippen LogP contribution < -0.4 is 5.32 Å². The molecule has 3 rings (SSSR count). The number of carbonyl (C=O) groups is 4. The highest BCUT2D eigenvalue weighted by atomic mass is 79.9. The molecule has 0 bridgehead atoms. The Bertz CT molecular complexity index is 1190. The predicted octanol–water partition coefficient (Wildman–Crippen LogP) is 5.44. The van der Waals surface area contributed by atoms with Crippen molar-refractivity contribution in [3.05, 3.63) is 61.9 Å². The number of nitrogens with zero attached hydrogens (tertiary/aromatic N) is 1. The summed E-state index contributed by atoms with van der Waals surface area (Å²) in [6.45, 7) is 1.73. The summed E-state index contributed by atoms with van der Waals surface area (Å²) in [6, 6.07) is 8.97. The van der Waals surface area contributed by atoms with E-state index in [-0.39, 0.29) is 33.5 Å². The molecule has 0 atom stereocenters. The van der Waals surface area contributed by atoms with Gasteiger partial charge >= 0.3 is 5.97 Å². The minimum absolute atomic E-state index is 0.0431. The van der Waals surface area contributed by atoms with E-state index in [0.717, 1.165) is 17.7 Å². The molecule has 0 unspecified atom stereocenters. The van der Waals surface area contributed by atoms with E-state index in [4.69, 9.17) is 16.3 Å². The third-order valence-electron chi connectivity index (χ3n) is 4.65. The van der Waals surface area contributed by atoms with E-state index in [9.17, 15) is 24.3 Å². The smallest absolute Gasteiger partial charge is 0.339 e. The Balaban J connectivity index is 1.66. The van der Waals surface area contributed by atoms with Gasteiger partial charge in [0.2, 0.25) is 5.91 Å². The molecule has 1 heterocycles. The number of aromatic hydroxyl groups is 1. The fourth-order valence-corrected chi connectivity index (χ4v) is 4.32. The van der Waals surface area contributed by atoms with Crippen LogP contribution in [0.1, 0.15) is 35.7 Å². The van der Waals surface area contributed by atoms with E-state index < -0.39 is 29.6 Å². The summed E-state index contributed by atoms with van der Waals surface area (Å²) >= 11 is 9.99. The maximum absolute atomic E-state index is 12.7. The average Bonchev–Trinajstić information content (AvgIpc) is 3.05. The number of imide groups is 1. The lowest BCUT2D eigenvalue weighted by Crippen LogP contribution is -2.36. The first kappa shape index (κ1) is 25.8. The molecule has 1 saturated heterocycles. The first-order valence-electron chi connectivity index (χ1n) is 10.2. The molecule has 2 aromatic carbocycles. The topological polar surface area (TPSA) is 113 Å². The zero-order chi connectivity index (χ0) is 24.8. The van der Waals surface area contributed by atoms with Gasteiger partial charge in [-0.3, -0.25) is 19.3 Å². The van der Waals surface area contributed by atoms with Crippen LogP contribution in [0.5, 0.6) is 5.75 Å². The predicted molar refractivity (Wildman–Crippen MR) is 134 cm³/mol. The van der Waals surface area contributed by atoms with Gasteiger partial charge in [0.25, 0.3) is 11.1 Å². The Kier molecular flexibility index (Phi) is 8.76. The molecule has 0 spiro atoms. The molecular weight excluding hydrogens is 548 g/mol. The number of halogens is 2. The lowest BCUT2D eigenvalue weighted by molar-refractivity contribution is -0.127. The molecule has 0 saturated carbocycles. The van der Waals surface area contributed by atoms with E-state index in [2.05, 4.69) is 21.2 Å². The fourth-order valence-electron chi connectivity index (χ4n) is 2.89. The number of nitrogens with one attached hydrogen (secondary N) is 1. The number of thioether (sulfide) groups is 1. The second kappa shape index (κ2) is 11.5. The molecule has 0 radical (unpaired) electrons. The number of phenols is 1. The Morgan fingerprint density at radius 3 is 2.71 bits per heavy atom. The summed E-state index contributed by atoms with van der Waals surface area (Å²) in [5.41, 5.74) is 0.970. The molecule has 1 aliphatic rings. The number of hydrogen-bond donors (Lipinski definition) is 2. The van der Waals surface area contributed by atoms with Crippen LogP contribution in [-0.4, -0.2) is 46.2 Å². The van der Waals surface area contributed by atoms with E-state index in [1.54, 1.807) is 12.1 Å². The molecule has 1 fully saturated rings. The molecule has 0 aliphatic carbocycles. The van der Waals surface area contributed by atoms with Gasteiger partial charge in [0.05, 0.1) is 26.6 Å². The quantitative estimate of drug-likeness (QED) is 0.248. The van der Waals surface area contributed by atoms with Crippen LogP contribution in [0.15, 0.2) is 45.8 Å². The maximum atomic E-state index is 12.7. The minimum Gasteiger partial charge on any atom is -0.507 e. The molecule has 2 N–H and O–H groups in total. The van der Waals surface area contributed by atoms with Crippen LogP contribution >= 0.6 is 39.3 Å². The molecular formula is C23H20BrClN2O6S. The van der Waals surface area contributed by atoms with Gasteiger partial charge in [0, 0.05) is 5.69 Å². The van der Waals surface area contributed by atoms with E-state index in [0.29, 0.717) is 21.8 Å². The van der Waals surface area contributed by atoms with Crippen LogP contribution in [0.2, 0.25) is 5.02 Å². The van der Waals surface area contributed by atoms with E-state index in [1.165, 1.54) is 30.3 Å². The molecule has 11 heteroatoms. The largest absolute Gasteiger partial charge is 0.507 e. The first-order chi connectivity index (χ1) is 16.2. The van der Waals surface area contributed by atoms with Gasteiger partial charge in [-0.2, -0.15) is 0 Å². The monoisotopic (exact) mass is 566 g/mol. The third kappa shape index (κ3) is 6.40. The Morgan fingerprint density at radius 2 is 2.00 bits per heavy atom. The SMILES string of the molecule is CCCCOC(=O)c1cc(NC(=O)CN2C(=O)S/C(=C/c3ccc(O)c(Br)c3)C2=O)ccc1Cl. The van der Waals surface area contributed by atoms with Gasteiger partial charge in [-0.25, -0.2) is 4.79 Å². The zero-order valence-corrected chi connectivity index (χ0v) is 21.1. The summed E-state index contributed by atoms with van der Waals surface area (Å²) in [7, 11) is 0. The van der Waals surface area contributed by atoms with Crippen LogP contribution in [0.4, 0.5) is 10.5 Å². The van der Waals surface area contributed by atoms with E-state index in [1.807, 2.05) is 6.92 Å². The number of ether oxygens (including phenoxy) is 1. The Morgan fingerprint density at radius 1 is 1.24 bits per heavy atom. The van der Waals surface area contributed by atoms with Crippen molar-refractivity contribution in [2.75, 3.05) is 18.5 Å². The van der Waals surface area contributed by atoms with Crippen molar-refractivity contribution in [3.8, 4) is 5.75 Å². The molecule has 34 heavy (non-hydrogen) atoms. The van der Waals surface area contributed by atoms with Crippen molar-refractivity contribution in [1.82, 2.24) is 4.90 Å². The third-order valence-corrected chi connectivity index (χ3v) is 6.52. The number of anilines is 1. The first-order valence-corrected chi connectivity index (χ1v) is 12.2. The fraction of sp³-hybridized carbons (Fsp3) is 0.217. The highest BCUT2D eigenvalue weighted by Crippen LogP contribution is 2.33. The number of unbranched alkanes of at least 4 members (excludes halogenated alkanes) is 1. The van der Waals surface area contributed by atoms with Crippen molar-refractivity contribution >= 4 is 74.1 Å². The van der Waals surface area contributed by atoms with Crippen molar-refractivity contribution in [1.29, 1.82) is 0 Å². The summed E-state index contributed by atoms with van der Waals surface area (Å²) in [5, 5.41) is 11.8. The highest BCUT2D eigenvalue weighted by Gasteiger charge is 2.36. The van der Waals surface area contributed by atoms with Gasteiger partial charge in [-0.05, 0) is 76.1 Å². The van der Waals surface area contributed by atoms with E-state index >= 15 is 0 Å². The molecule has 2 aromatic rings. The summed E-state index contributed by atoms with van der Waals surface area (Å²) < 4.78 is 5.60. The lowest BCUT2D eigenvalue weighted by Gasteiger charge is -2.13. The van der Waals surface area contributed by atoms with Gasteiger partial charge < -0.3 is 15.2 Å². The number of amides is 3. The van der Waals surface area contributed by atoms with Crippen LogP contribution in [0, 0.1) is 0 Å². The lowest BCUT2D eigenvalue weighted by atomic mass is 10.2. The number of esters is 1. The summed E-state index contributed by atoms with van der Waals surface area (Å²) in [6.07, 6.45) is 3.09. The van der Waals surface area contributed by atoms with Crippen LogP contribution in [-0.2, 0) is 14.3 Å². The summed E-state index contributed by atoms with van der Waals surface area (Å²) in [4.78, 5) is 50.7. The van der Waals surface area contributed by atoms with Gasteiger partial charge in [0.15, 0.2) is 0 Å². The highest BCUT2D eigenvalue weighted by molar-refractivity contribution is 9.10. The minimum atomic E-state index is -0.622. The van der Waals surface area contributed by atoms with Gasteiger partial charge in [-0.15, -0.1) is 0 Å². The Labute approximate surface area is 213 Å². The molecule has 0 aromatic heterocycles. The van der Waals surface area contributed by atoms with Crippen molar-refractivity contribution in [2.45, 2.75) is 19.8 Å². The normalized spacial score (nSPS) is 14.6. The molecule has 178 valence electrons. The van der Waals surface area contributed by atoms with Gasteiger partial charge in [-0.1, -0.05) is 31.0 Å². The number of carbonyl (C=O) groups excluding carboxylic acids is 4. The second-order valence-corrected chi connectivity index (χ2v) is 9.47. The molecule has 1 aliphatic heterocycles. The van der Waals surface area contributed by atoms with Crippen LogP contribution in [0.3, 0.4) is 0 Å². The maximum Gasteiger partial charge on any atom is 0.339 e. The second-order valence-electron chi connectivity index (χ2n) is 7.21. The standard InChI is InChI=1S/C23H20BrClN2O6S/c1-2-3-8-33-22(31)15-11-14(5-6-17(15)25)26-20(29)12-27-21(30)19(34-23(27)32)10-13-4-7-18(28)16(24)9-13/h4-7,9-11,28H,2-3,8,12H2,1H3,(H,26,29)/b19-10+. The average molecular weight is 568 g/mol. The summed E-state index contributed by atoms with van der Waals surface area (Å²) in [5.74, 6) is -1.79. The van der Waals surface area contributed by atoms with Crippen molar-refractivity contribution in [2.24, 2.45) is 0 Å². The number of rotatable bonds is 8. The zero-order valence-electron chi connectivity index (χ0n) is 18.0. The number of phenolic OH excluding ortho intramolecular Hbond substituents is 1. The number of benzene rings is 2. The molecule has 8 nitrogen and oxygen atoms in total. The number of hydrogen-bond acceptors (Lipinski definition) is 7. The van der Waals surface area contributed by atoms with Gasteiger partial charge in [0.1, 0.15) is 12.3 Å². The van der Waals surface area contributed by atoms with Crippen molar-refractivity contribution in [3.63, 3.8) is 0 Å². The van der Waals surface area contributed by atoms with Crippen molar-refractivity contribution < 1.29 is 29.0 Å². The Hall–Kier alpha value is -2.82. The molecule has 3 amide bonds. The van der Waals surface area contributed by atoms with Crippen LogP contribution in [0.25, 0.3) is 6.08 Å².